The van der Waals surface area contributed by atoms with E-state index in [2.05, 4.69) is 15.9 Å². The predicted octanol–water partition coefficient (Wildman–Crippen LogP) is 7.06. The molecule has 10 heteroatoms. The van der Waals surface area contributed by atoms with Gasteiger partial charge in [0, 0.05) is 21.5 Å². The number of amides is 2. The minimum atomic E-state index is -0.531. The van der Waals surface area contributed by atoms with E-state index >= 15 is 0 Å². The highest BCUT2D eigenvalue weighted by molar-refractivity contribution is 9.10. The monoisotopic (exact) mass is 580 g/mol. The number of anilines is 1. The first-order chi connectivity index (χ1) is 15.8. The number of likely N-dealkylation sites (N-methyl/N-ethyl adjacent to an activating group) is 1. The standard InChI is InChI=1S/C23H15BrCl2N2O3S2/c1-2-27-20(29)18(21(30)28(23(27)32)15-7-3-13(25)4-8-15)11-16-12-19(24)22(31-16)33-17-9-5-14(26)6-10-17/h3-12H,2H2,1H3/b18-11+. The maximum atomic E-state index is 13.3. The molecular formula is C23H15BrCl2N2O3S2. The van der Waals surface area contributed by atoms with E-state index in [4.69, 9.17) is 39.8 Å². The van der Waals surface area contributed by atoms with Crippen LogP contribution in [0, 0.1) is 0 Å². The lowest BCUT2D eigenvalue weighted by molar-refractivity contribution is -0.127. The summed E-state index contributed by atoms with van der Waals surface area (Å²) in [6.07, 6.45) is 1.44. The van der Waals surface area contributed by atoms with Crippen LogP contribution >= 0.6 is 63.1 Å². The van der Waals surface area contributed by atoms with Gasteiger partial charge in [-0.05, 0) is 95.7 Å². The average Bonchev–Trinajstić information content (AvgIpc) is 3.13. The van der Waals surface area contributed by atoms with Gasteiger partial charge in [-0.15, -0.1) is 0 Å². The van der Waals surface area contributed by atoms with Crippen LogP contribution in [-0.2, 0) is 9.59 Å². The third-order valence-electron chi connectivity index (χ3n) is 4.72. The fourth-order valence-electron chi connectivity index (χ4n) is 3.13. The van der Waals surface area contributed by atoms with Crippen LogP contribution in [0.25, 0.3) is 6.08 Å². The molecule has 0 aliphatic carbocycles. The SMILES string of the molecule is CCN1C(=O)/C(=C\c2cc(Br)c(Sc3ccc(Cl)cc3)o2)C(=O)N(c2ccc(Cl)cc2)C1=S. The fraction of sp³-hybridized carbons (Fsp3) is 0.0870. The molecular weight excluding hydrogens is 567 g/mol. The van der Waals surface area contributed by atoms with Crippen molar-refractivity contribution >= 4 is 91.8 Å². The predicted molar refractivity (Wildman–Crippen MR) is 139 cm³/mol. The second-order valence-electron chi connectivity index (χ2n) is 6.85. The number of thiocarbonyl (C=S) groups is 1. The van der Waals surface area contributed by atoms with E-state index in [1.807, 2.05) is 12.1 Å². The van der Waals surface area contributed by atoms with Crippen molar-refractivity contribution in [2.75, 3.05) is 11.4 Å². The maximum absolute atomic E-state index is 13.3. The van der Waals surface area contributed by atoms with Crippen LogP contribution in [0.1, 0.15) is 12.7 Å². The van der Waals surface area contributed by atoms with Crippen molar-refractivity contribution in [3.63, 3.8) is 0 Å². The van der Waals surface area contributed by atoms with Gasteiger partial charge in [-0.25, -0.2) is 0 Å². The third kappa shape index (κ3) is 5.05. The molecule has 0 radical (unpaired) electrons. The number of carbonyl (C=O) groups is 2. The first-order valence-electron chi connectivity index (χ1n) is 9.68. The summed E-state index contributed by atoms with van der Waals surface area (Å²) < 4.78 is 6.61. The Bertz CT molecular complexity index is 1270. The lowest BCUT2D eigenvalue weighted by Gasteiger charge is -2.35. The first kappa shape index (κ1) is 24.0. The normalized spacial score (nSPS) is 15.6. The Kier molecular flexibility index (Phi) is 7.31. The summed E-state index contributed by atoms with van der Waals surface area (Å²) in [5.74, 6) is -0.649. The number of halogens is 3. The van der Waals surface area contributed by atoms with E-state index < -0.39 is 11.8 Å². The van der Waals surface area contributed by atoms with E-state index in [1.54, 1.807) is 49.4 Å². The first-order valence-corrected chi connectivity index (χ1v) is 12.5. The second-order valence-corrected chi connectivity index (χ2v) is 9.99. The lowest BCUT2D eigenvalue weighted by Crippen LogP contribution is -2.56. The molecule has 5 nitrogen and oxygen atoms in total. The molecule has 0 unspecified atom stereocenters. The number of benzene rings is 2. The summed E-state index contributed by atoms with van der Waals surface area (Å²) in [4.78, 5) is 30.0. The molecule has 4 rings (SSSR count). The minimum absolute atomic E-state index is 0.0512. The molecule has 33 heavy (non-hydrogen) atoms. The summed E-state index contributed by atoms with van der Waals surface area (Å²) >= 11 is 22.2. The zero-order chi connectivity index (χ0) is 23.7. The molecule has 2 amide bonds. The summed E-state index contributed by atoms with van der Waals surface area (Å²) in [7, 11) is 0. The zero-order valence-electron chi connectivity index (χ0n) is 17.1. The van der Waals surface area contributed by atoms with Gasteiger partial charge in [-0.1, -0.05) is 35.0 Å². The van der Waals surface area contributed by atoms with E-state index in [0.29, 0.717) is 37.6 Å². The van der Waals surface area contributed by atoms with E-state index in [9.17, 15) is 9.59 Å². The number of nitrogens with zero attached hydrogens (tertiary/aromatic N) is 2. The van der Waals surface area contributed by atoms with Crippen LogP contribution in [0.5, 0.6) is 0 Å². The largest absolute Gasteiger partial charge is 0.449 e. The lowest BCUT2D eigenvalue weighted by atomic mass is 10.1. The molecule has 0 saturated carbocycles. The van der Waals surface area contributed by atoms with E-state index in [1.165, 1.54) is 27.6 Å². The van der Waals surface area contributed by atoms with Gasteiger partial charge in [0.05, 0.1) is 10.2 Å². The van der Waals surface area contributed by atoms with Crippen molar-refractivity contribution in [1.82, 2.24) is 4.90 Å². The van der Waals surface area contributed by atoms with Gasteiger partial charge in [0.25, 0.3) is 11.8 Å². The van der Waals surface area contributed by atoms with Gasteiger partial charge in [0.1, 0.15) is 11.3 Å². The van der Waals surface area contributed by atoms with Gasteiger partial charge >= 0.3 is 0 Å². The molecule has 2 heterocycles. The summed E-state index contributed by atoms with van der Waals surface area (Å²) in [5.41, 5.74) is 0.468. The van der Waals surface area contributed by atoms with Crippen molar-refractivity contribution < 1.29 is 14.0 Å². The molecule has 1 fully saturated rings. The summed E-state index contributed by atoms with van der Waals surface area (Å²) in [5, 5.41) is 1.87. The maximum Gasteiger partial charge on any atom is 0.270 e. The van der Waals surface area contributed by atoms with Crippen LogP contribution in [0.15, 0.2) is 79.0 Å². The van der Waals surface area contributed by atoms with Crippen molar-refractivity contribution in [3.8, 4) is 0 Å². The van der Waals surface area contributed by atoms with Crippen molar-refractivity contribution in [3.05, 3.63) is 80.4 Å². The molecule has 168 valence electrons. The Labute approximate surface area is 218 Å². The topological polar surface area (TPSA) is 53.8 Å². The van der Waals surface area contributed by atoms with Gasteiger partial charge < -0.3 is 4.42 Å². The fourth-order valence-corrected chi connectivity index (χ4v) is 5.12. The van der Waals surface area contributed by atoms with Gasteiger partial charge in [-0.3, -0.25) is 19.4 Å². The van der Waals surface area contributed by atoms with Crippen LogP contribution in [0.2, 0.25) is 10.0 Å². The van der Waals surface area contributed by atoms with Gasteiger partial charge in [0.2, 0.25) is 0 Å². The van der Waals surface area contributed by atoms with Crippen molar-refractivity contribution in [2.24, 2.45) is 0 Å². The smallest absolute Gasteiger partial charge is 0.270 e. The molecule has 3 aromatic rings. The van der Waals surface area contributed by atoms with Crippen LogP contribution in [-0.4, -0.2) is 28.4 Å². The van der Waals surface area contributed by atoms with Crippen molar-refractivity contribution in [1.29, 1.82) is 0 Å². The molecule has 1 aliphatic heterocycles. The minimum Gasteiger partial charge on any atom is -0.449 e. The highest BCUT2D eigenvalue weighted by atomic mass is 79.9. The summed E-state index contributed by atoms with van der Waals surface area (Å²) in [6, 6.07) is 15.7. The Morgan fingerprint density at radius 2 is 1.64 bits per heavy atom. The van der Waals surface area contributed by atoms with Crippen LogP contribution < -0.4 is 4.90 Å². The molecule has 0 N–H and O–H groups in total. The van der Waals surface area contributed by atoms with Gasteiger partial charge in [0.15, 0.2) is 10.2 Å². The molecule has 1 aromatic heterocycles. The number of hydrogen-bond donors (Lipinski definition) is 0. The Morgan fingerprint density at radius 3 is 2.24 bits per heavy atom. The highest BCUT2D eigenvalue weighted by Crippen LogP contribution is 2.37. The molecule has 1 saturated heterocycles. The van der Waals surface area contributed by atoms with Crippen molar-refractivity contribution in [2.45, 2.75) is 16.9 Å². The highest BCUT2D eigenvalue weighted by Gasteiger charge is 2.39. The van der Waals surface area contributed by atoms with E-state index in [0.717, 1.165) is 4.90 Å². The third-order valence-corrected chi connectivity index (χ3v) is 7.47. The number of rotatable bonds is 5. The summed E-state index contributed by atoms with van der Waals surface area (Å²) in [6.45, 7) is 2.11. The van der Waals surface area contributed by atoms with Crippen LogP contribution in [0.4, 0.5) is 5.69 Å². The average molecular weight is 582 g/mol. The Hall–Kier alpha value is -2.10. The molecule has 0 spiro atoms. The van der Waals surface area contributed by atoms with E-state index in [-0.39, 0.29) is 10.7 Å². The number of furan rings is 1. The molecule has 2 aromatic carbocycles. The number of hydrogen-bond acceptors (Lipinski definition) is 5. The quantitative estimate of drug-likeness (QED) is 0.183. The zero-order valence-corrected chi connectivity index (χ0v) is 21.8. The molecule has 1 aliphatic rings. The second kappa shape index (κ2) is 10.0. The number of carbonyl (C=O) groups excluding carboxylic acids is 2. The molecule has 0 atom stereocenters. The Morgan fingerprint density at radius 1 is 1.03 bits per heavy atom. The molecule has 0 bridgehead atoms. The van der Waals surface area contributed by atoms with Gasteiger partial charge in [-0.2, -0.15) is 0 Å². The van der Waals surface area contributed by atoms with Crippen LogP contribution in [0.3, 0.4) is 0 Å². The Balaban J connectivity index is 1.69.